The van der Waals surface area contributed by atoms with Crippen molar-refractivity contribution in [2.45, 2.75) is 6.61 Å². The van der Waals surface area contributed by atoms with Gasteiger partial charge in [-0.2, -0.15) is 4.98 Å². The first-order valence-corrected chi connectivity index (χ1v) is 5.97. The maximum Gasteiger partial charge on any atom is 0.258 e. The van der Waals surface area contributed by atoms with Crippen molar-refractivity contribution in [1.29, 1.82) is 0 Å². The molecule has 4 nitrogen and oxygen atoms in total. The summed E-state index contributed by atoms with van der Waals surface area (Å²) in [7, 11) is 0. The number of aliphatic hydroxyl groups excluding tert-OH is 1. The second kappa shape index (κ2) is 5.04. The second-order valence-electron chi connectivity index (χ2n) is 4.10. The van der Waals surface area contributed by atoms with Crippen LogP contribution >= 0.6 is 0 Å². The van der Waals surface area contributed by atoms with Gasteiger partial charge in [0.1, 0.15) is 0 Å². The Balaban J connectivity index is 2.02. The SMILES string of the molecule is OCc1ccccc1-c1nc(-c2ccccc2)no1. The predicted octanol–water partition coefficient (Wildman–Crippen LogP) is 2.90. The van der Waals surface area contributed by atoms with Crippen molar-refractivity contribution in [1.82, 2.24) is 10.1 Å². The van der Waals surface area contributed by atoms with Crippen LogP contribution < -0.4 is 0 Å². The molecule has 0 aliphatic carbocycles. The highest BCUT2D eigenvalue weighted by Gasteiger charge is 2.12. The first kappa shape index (κ1) is 11.6. The Morgan fingerprint density at radius 3 is 2.47 bits per heavy atom. The molecule has 0 atom stereocenters. The van der Waals surface area contributed by atoms with Crippen LogP contribution in [0.1, 0.15) is 5.56 Å². The largest absolute Gasteiger partial charge is 0.392 e. The molecule has 0 saturated heterocycles. The van der Waals surface area contributed by atoms with Crippen molar-refractivity contribution < 1.29 is 9.63 Å². The first-order chi connectivity index (χ1) is 9.38. The molecule has 2 aromatic carbocycles. The zero-order valence-electron chi connectivity index (χ0n) is 10.2. The van der Waals surface area contributed by atoms with Crippen LogP contribution in [0.3, 0.4) is 0 Å². The van der Waals surface area contributed by atoms with Crippen molar-refractivity contribution >= 4 is 0 Å². The highest BCUT2D eigenvalue weighted by Crippen LogP contribution is 2.24. The summed E-state index contributed by atoms with van der Waals surface area (Å²) in [4.78, 5) is 4.37. The lowest BCUT2D eigenvalue weighted by molar-refractivity contribution is 0.282. The first-order valence-electron chi connectivity index (χ1n) is 5.97. The number of hydrogen-bond donors (Lipinski definition) is 1. The fourth-order valence-corrected chi connectivity index (χ4v) is 1.90. The molecule has 1 heterocycles. The number of aliphatic hydroxyl groups is 1. The van der Waals surface area contributed by atoms with Gasteiger partial charge in [-0.25, -0.2) is 0 Å². The van der Waals surface area contributed by atoms with Crippen LogP contribution in [0, 0.1) is 0 Å². The zero-order chi connectivity index (χ0) is 13.1. The van der Waals surface area contributed by atoms with Gasteiger partial charge in [-0.1, -0.05) is 53.7 Å². The van der Waals surface area contributed by atoms with Crippen LogP contribution in [0.5, 0.6) is 0 Å². The summed E-state index contributed by atoms with van der Waals surface area (Å²) >= 11 is 0. The molecule has 19 heavy (non-hydrogen) atoms. The molecule has 0 aliphatic rings. The van der Waals surface area contributed by atoms with Gasteiger partial charge in [0.05, 0.1) is 6.61 Å². The summed E-state index contributed by atoms with van der Waals surface area (Å²) < 4.78 is 5.28. The van der Waals surface area contributed by atoms with Crippen molar-refractivity contribution in [2.24, 2.45) is 0 Å². The van der Waals surface area contributed by atoms with E-state index in [2.05, 4.69) is 10.1 Å². The molecule has 0 unspecified atom stereocenters. The monoisotopic (exact) mass is 252 g/mol. The van der Waals surface area contributed by atoms with Crippen LogP contribution in [0.2, 0.25) is 0 Å². The Labute approximate surface area is 110 Å². The van der Waals surface area contributed by atoms with Crippen LogP contribution in [0.25, 0.3) is 22.8 Å². The lowest BCUT2D eigenvalue weighted by Gasteiger charge is -2.00. The average molecular weight is 252 g/mol. The minimum atomic E-state index is -0.0563. The Kier molecular flexibility index (Phi) is 3.08. The smallest absolute Gasteiger partial charge is 0.258 e. The zero-order valence-corrected chi connectivity index (χ0v) is 10.2. The van der Waals surface area contributed by atoms with Gasteiger partial charge in [-0.3, -0.25) is 0 Å². The van der Waals surface area contributed by atoms with Gasteiger partial charge in [0, 0.05) is 11.1 Å². The van der Waals surface area contributed by atoms with Crippen LogP contribution in [-0.4, -0.2) is 15.2 Å². The predicted molar refractivity (Wildman–Crippen MR) is 71.1 cm³/mol. The molecule has 0 radical (unpaired) electrons. The molecular weight excluding hydrogens is 240 g/mol. The number of nitrogens with zero attached hydrogens (tertiary/aromatic N) is 2. The van der Waals surface area contributed by atoms with E-state index in [-0.39, 0.29) is 6.61 Å². The van der Waals surface area contributed by atoms with Crippen LogP contribution in [0.4, 0.5) is 0 Å². The molecule has 3 rings (SSSR count). The molecule has 1 N–H and O–H groups in total. The minimum absolute atomic E-state index is 0.0563. The molecule has 0 amide bonds. The molecule has 0 spiro atoms. The maximum atomic E-state index is 9.31. The summed E-state index contributed by atoms with van der Waals surface area (Å²) in [5.41, 5.74) is 2.43. The standard InChI is InChI=1S/C15H12N2O2/c18-10-12-8-4-5-9-13(12)15-16-14(17-19-15)11-6-2-1-3-7-11/h1-9,18H,10H2. The van der Waals surface area contributed by atoms with Crippen molar-refractivity contribution in [3.63, 3.8) is 0 Å². The van der Waals surface area contributed by atoms with E-state index in [4.69, 9.17) is 4.52 Å². The highest BCUT2D eigenvalue weighted by atomic mass is 16.5. The molecule has 94 valence electrons. The summed E-state index contributed by atoms with van der Waals surface area (Å²) in [6, 6.07) is 17.1. The summed E-state index contributed by atoms with van der Waals surface area (Å²) in [6.45, 7) is -0.0563. The van der Waals surface area contributed by atoms with Crippen molar-refractivity contribution in [3.8, 4) is 22.8 Å². The van der Waals surface area contributed by atoms with E-state index in [9.17, 15) is 5.11 Å². The van der Waals surface area contributed by atoms with Crippen LogP contribution in [-0.2, 0) is 6.61 Å². The van der Waals surface area contributed by atoms with Gasteiger partial charge >= 0.3 is 0 Å². The van der Waals surface area contributed by atoms with Crippen molar-refractivity contribution in [3.05, 3.63) is 60.2 Å². The van der Waals surface area contributed by atoms with E-state index in [1.54, 1.807) is 0 Å². The molecular formula is C15H12N2O2. The second-order valence-corrected chi connectivity index (χ2v) is 4.10. The van der Waals surface area contributed by atoms with Gasteiger partial charge in [-0.15, -0.1) is 0 Å². The maximum absolute atomic E-state index is 9.31. The molecule has 1 aromatic heterocycles. The quantitative estimate of drug-likeness (QED) is 0.778. The van der Waals surface area contributed by atoms with Gasteiger partial charge in [-0.05, 0) is 11.6 Å². The Morgan fingerprint density at radius 2 is 1.68 bits per heavy atom. The summed E-state index contributed by atoms with van der Waals surface area (Å²) in [5, 5.41) is 13.3. The van der Waals surface area contributed by atoms with E-state index in [1.165, 1.54) is 0 Å². The molecule has 0 bridgehead atoms. The fourth-order valence-electron chi connectivity index (χ4n) is 1.90. The highest BCUT2D eigenvalue weighted by molar-refractivity contribution is 5.62. The lowest BCUT2D eigenvalue weighted by Crippen LogP contribution is -1.88. The molecule has 0 aliphatic heterocycles. The molecule has 0 saturated carbocycles. The molecule has 3 aromatic rings. The van der Waals surface area contributed by atoms with Gasteiger partial charge < -0.3 is 9.63 Å². The van der Waals surface area contributed by atoms with Gasteiger partial charge in [0.2, 0.25) is 5.82 Å². The number of rotatable bonds is 3. The molecule has 0 fully saturated rings. The van der Waals surface area contributed by atoms with E-state index in [1.807, 2.05) is 54.6 Å². The lowest BCUT2D eigenvalue weighted by atomic mass is 10.1. The van der Waals surface area contributed by atoms with E-state index < -0.39 is 0 Å². The Morgan fingerprint density at radius 1 is 0.947 bits per heavy atom. The van der Waals surface area contributed by atoms with Crippen molar-refractivity contribution in [2.75, 3.05) is 0 Å². The van der Waals surface area contributed by atoms with E-state index in [0.29, 0.717) is 11.7 Å². The number of aromatic nitrogens is 2. The van der Waals surface area contributed by atoms with E-state index in [0.717, 1.165) is 16.7 Å². The molecule has 4 heteroatoms. The minimum Gasteiger partial charge on any atom is -0.392 e. The number of benzene rings is 2. The normalized spacial score (nSPS) is 10.6. The number of hydrogen-bond acceptors (Lipinski definition) is 4. The average Bonchev–Trinajstić information content (AvgIpc) is 2.98. The topological polar surface area (TPSA) is 59.2 Å². The van der Waals surface area contributed by atoms with Crippen LogP contribution in [0.15, 0.2) is 59.1 Å². The Hall–Kier alpha value is -2.46. The third kappa shape index (κ3) is 2.26. The van der Waals surface area contributed by atoms with E-state index >= 15 is 0 Å². The summed E-state index contributed by atoms with van der Waals surface area (Å²) in [5.74, 6) is 0.965. The fraction of sp³-hybridized carbons (Fsp3) is 0.0667. The summed E-state index contributed by atoms with van der Waals surface area (Å²) in [6.07, 6.45) is 0. The van der Waals surface area contributed by atoms with Gasteiger partial charge in [0.25, 0.3) is 5.89 Å². The third-order valence-corrected chi connectivity index (χ3v) is 2.88. The van der Waals surface area contributed by atoms with Gasteiger partial charge in [0.15, 0.2) is 0 Å². The third-order valence-electron chi connectivity index (χ3n) is 2.88. The Bertz CT molecular complexity index is 677.